The molecule has 1 aromatic carbocycles. The number of amides is 2. The van der Waals surface area contributed by atoms with Gasteiger partial charge in [0, 0.05) is 31.6 Å². The van der Waals surface area contributed by atoms with Crippen molar-refractivity contribution in [1.29, 1.82) is 0 Å². The smallest absolute Gasteiger partial charge is 0.315 e. The number of hydrogen-bond donors (Lipinski definition) is 2. The van der Waals surface area contributed by atoms with Crippen molar-refractivity contribution in [3.05, 3.63) is 35.9 Å². The third-order valence-corrected chi connectivity index (χ3v) is 3.66. The Hall–Kier alpha value is -1.26. The number of piperidine rings is 1. The highest BCUT2D eigenvalue weighted by Crippen LogP contribution is 2.13. The van der Waals surface area contributed by atoms with Crippen LogP contribution in [0.5, 0.6) is 0 Å². The van der Waals surface area contributed by atoms with E-state index in [1.54, 1.807) is 0 Å². The van der Waals surface area contributed by atoms with Crippen molar-refractivity contribution in [2.75, 3.05) is 25.5 Å². The van der Waals surface area contributed by atoms with E-state index < -0.39 is 0 Å². The molecule has 20 heavy (non-hydrogen) atoms. The van der Waals surface area contributed by atoms with Crippen LogP contribution in [-0.2, 0) is 6.54 Å². The number of benzene rings is 1. The van der Waals surface area contributed by atoms with Crippen LogP contribution >= 0.6 is 11.6 Å². The monoisotopic (exact) mass is 295 g/mol. The molecule has 2 N–H and O–H groups in total. The zero-order valence-corrected chi connectivity index (χ0v) is 12.4. The Labute approximate surface area is 125 Å². The molecule has 2 rings (SSSR count). The lowest BCUT2D eigenvalue weighted by molar-refractivity contribution is 0.180. The summed E-state index contributed by atoms with van der Waals surface area (Å²) >= 11 is 5.55. The summed E-state index contributed by atoms with van der Waals surface area (Å²) in [5.41, 5.74) is 1.32. The maximum absolute atomic E-state index is 11.6. The van der Waals surface area contributed by atoms with Gasteiger partial charge in [-0.05, 0) is 24.9 Å². The Kier molecular flexibility index (Phi) is 6.15. The molecule has 0 spiro atoms. The zero-order chi connectivity index (χ0) is 14.2. The molecule has 1 fully saturated rings. The van der Waals surface area contributed by atoms with Gasteiger partial charge < -0.3 is 10.6 Å². The molecule has 0 aromatic heterocycles. The molecule has 1 aromatic rings. The summed E-state index contributed by atoms with van der Waals surface area (Å²) in [5, 5.41) is 5.76. The summed E-state index contributed by atoms with van der Waals surface area (Å²) in [6.45, 7) is 3.45. The van der Waals surface area contributed by atoms with Crippen LogP contribution in [-0.4, -0.2) is 42.5 Å². The topological polar surface area (TPSA) is 44.4 Å². The third kappa shape index (κ3) is 5.02. The minimum atomic E-state index is -0.114. The number of nitrogens with zero attached hydrogens (tertiary/aromatic N) is 1. The lowest BCUT2D eigenvalue weighted by atomic mass is 10.0. The lowest BCUT2D eigenvalue weighted by Crippen LogP contribution is -2.50. The standard InChI is InChI=1S/C15H22ClN3O/c16-8-9-17-15(20)18-14-7-4-10-19(12-14)11-13-5-2-1-3-6-13/h1-3,5-6,14H,4,7-12H2,(H2,17,18,20). The van der Waals surface area contributed by atoms with Gasteiger partial charge >= 0.3 is 6.03 Å². The number of rotatable bonds is 5. The molecule has 1 aliphatic rings. The summed E-state index contributed by atoms with van der Waals surface area (Å²) in [4.78, 5) is 14.0. The average Bonchev–Trinajstić information content (AvgIpc) is 2.46. The van der Waals surface area contributed by atoms with Gasteiger partial charge in [0.25, 0.3) is 0 Å². The van der Waals surface area contributed by atoms with Crippen LogP contribution in [0.2, 0.25) is 0 Å². The molecular formula is C15H22ClN3O. The second-order valence-electron chi connectivity index (χ2n) is 5.15. The van der Waals surface area contributed by atoms with Crippen molar-refractivity contribution in [3.8, 4) is 0 Å². The van der Waals surface area contributed by atoms with Gasteiger partial charge in [-0.25, -0.2) is 4.79 Å². The normalized spacial score (nSPS) is 19.6. The van der Waals surface area contributed by atoms with Gasteiger partial charge in [0.05, 0.1) is 0 Å². The van der Waals surface area contributed by atoms with Crippen molar-refractivity contribution in [2.45, 2.75) is 25.4 Å². The molecule has 1 saturated heterocycles. The predicted molar refractivity (Wildman–Crippen MR) is 82.0 cm³/mol. The molecule has 4 nitrogen and oxygen atoms in total. The third-order valence-electron chi connectivity index (χ3n) is 3.47. The fraction of sp³-hybridized carbons (Fsp3) is 0.533. The van der Waals surface area contributed by atoms with Crippen LogP contribution in [0, 0.1) is 0 Å². The Morgan fingerprint density at radius 3 is 2.90 bits per heavy atom. The molecule has 110 valence electrons. The first kappa shape index (κ1) is 15.1. The highest BCUT2D eigenvalue weighted by atomic mass is 35.5. The molecule has 0 aliphatic carbocycles. The number of urea groups is 1. The molecule has 1 heterocycles. The van der Waals surface area contributed by atoms with Gasteiger partial charge in [0.15, 0.2) is 0 Å². The summed E-state index contributed by atoms with van der Waals surface area (Å²) < 4.78 is 0. The van der Waals surface area contributed by atoms with Crippen LogP contribution in [0.3, 0.4) is 0 Å². The molecule has 2 amide bonds. The fourth-order valence-electron chi connectivity index (χ4n) is 2.56. The molecule has 0 saturated carbocycles. The van der Waals surface area contributed by atoms with Gasteiger partial charge in [-0.15, -0.1) is 11.6 Å². The summed E-state index contributed by atoms with van der Waals surface area (Å²) in [6.07, 6.45) is 2.16. The second-order valence-corrected chi connectivity index (χ2v) is 5.53. The highest BCUT2D eigenvalue weighted by Gasteiger charge is 2.21. The molecule has 1 aliphatic heterocycles. The van der Waals surface area contributed by atoms with Gasteiger partial charge in [0.2, 0.25) is 0 Å². The Bertz CT molecular complexity index is 413. The first-order valence-corrected chi connectivity index (χ1v) is 7.68. The van der Waals surface area contributed by atoms with Crippen LogP contribution < -0.4 is 10.6 Å². The summed E-state index contributed by atoms with van der Waals surface area (Å²) in [7, 11) is 0. The van der Waals surface area contributed by atoms with Gasteiger partial charge in [-0.1, -0.05) is 30.3 Å². The quantitative estimate of drug-likeness (QED) is 0.818. The second kappa shape index (κ2) is 8.12. The van der Waals surface area contributed by atoms with Crippen molar-refractivity contribution in [1.82, 2.24) is 15.5 Å². The van der Waals surface area contributed by atoms with E-state index in [-0.39, 0.29) is 12.1 Å². The van der Waals surface area contributed by atoms with E-state index >= 15 is 0 Å². The van der Waals surface area contributed by atoms with Crippen molar-refractivity contribution in [3.63, 3.8) is 0 Å². The average molecular weight is 296 g/mol. The van der Waals surface area contributed by atoms with Gasteiger partial charge in [0.1, 0.15) is 0 Å². The maximum atomic E-state index is 11.6. The van der Waals surface area contributed by atoms with E-state index in [1.807, 2.05) is 6.07 Å². The highest BCUT2D eigenvalue weighted by molar-refractivity contribution is 6.18. The van der Waals surface area contributed by atoms with E-state index in [1.165, 1.54) is 5.56 Å². The number of alkyl halides is 1. The molecule has 0 radical (unpaired) electrons. The van der Waals surface area contributed by atoms with Crippen LogP contribution in [0.1, 0.15) is 18.4 Å². The van der Waals surface area contributed by atoms with Crippen LogP contribution in [0.25, 0.3) is 0 Å². The predicted octanol–water partition coefficient (Wildman–Crippen LogP) is 2.19. The number of carbonyl (C=O) groups excluding carboxylic acids is 1. The first-order chi connectivity index (χ1) is 9.78. The Morgan fingerprint density at radius 2 is 2.15 bits per heavy atom. The number of hydrogen-bond acceptors (Lipinski definition) is 2. The van der Waals surface area contributed by atoms with Crippen molar-refractivity contribution < 1.29 is 4.79 Å². The first-order valence-electron chi connectivity index (χ1n) is 7.14. The van der Waals surface area contributed by atoms with Crippen molar-refractivity contribution >= 4 is 17.6 Å². The number of nitrogens with one attached hydrogen (secondary N) is 2. The van der Waals surface area contributed by atoms with Crippen molar-refractivity contribution in [2.24, 2.45) is 0 Å². The van der Waals surface area contributed by atoms with E-state index in [0.29, 0.717) is 12.4 Å². The Balaban J connectivity index is 1.78. The molecule has 0 bridgehead atoms. The zero-order valence-electron chi connectivity index (χ0n) is 11.6. The van der Waals surface area contributed by atoms with Crippen LogP contribution in [0.15, 0.2) is 30.3 Å². The van der Waals surface area contributed by atoms with E-state index in [9.17, 15) is 4.79 Å². The lowest BCUT2D eigenvalue weighted by Gasteiger charge is -2.33. The Morgan fingerprint density at radius 1 is 1.35 bits per heavy atom. The molecule has 1 unspecified atom stereocenters. The minimum Gasteiger partial charge on any atom is -0.337 e. The number of carbonyl (C=O) groups is 1. The van der Waals surface area contributed by atoms with E-state index in [2.05, 4.69) is 39.8 Å². The summed E-state index contributed by atoms with van der Waals surface area (Å²) in [6, 6.07) is 10.6. The van der Waals surface area contributed by atoms with Gasteiger partial charge in [-0.3, -0.25) is 4.90 Å². The largest absolute Gasteiger partial charge is 0.337 e. The fourth-order valence-corrected chi connectivity index (χ4v) is 2.65. The van der Waals surface area contributed by atoms with Gasteiger partial charge in [-0.2, -0.15) is 0 Å². The number of halogens is 1. The summed E-state index contributed by atoms with van der Waals surface area (Å²) in [5.74, 6) is 0.443. The number of likely N-dealkylation sites (tertiary alicyclic amines) is 1. The van der Waals surface area contributed by atoms with E-state index in [0.717, 1.165) is 32.5 Å². The van der Waals surface area contributed by atoms with E-state index in [4.69, 9.17) is 11.6 Å². The maximum Gasteiger partial charge on any atom is 0.315 e. The molecular weight excluding hydrogens is 274 g/mol. The SMILES string of the molecule is O=C(NCCCl)NC1CCCN(Cc2ccccc2)C1. The molecule has 5 heteroatoms. The minimum absolute atomic E-state index is 0.114. The molecule has 1 atom stereocenters. The van der Waals surface area contributed by atoms with Crippen LogP contribution in [0.4, 0.5) is 4.79 Å².